The van der Waals surface area contributed by atoms with Gasteiger partial charge in [0.1, 0.15) is 5.69 Å². The van der Waals surface area contributed by atoms with Gasteiger partial charge in [-0.25, -0.2) is 9.78 Å². The van der Waals surface area contributed by atoms with Crippen molar-refractivity contribution in [1.82, 2.24) is 10.3 Å². The number of nitrogens with zero attached hydrogens (tertiary/aromatic N) is 1. The van der Waals surface area contributed by atoms with Crippen molar-refractivity contribution in [2.45, 2.75) is 19.1 Å². The van der Waals surface area contributed by atoms with E-state index in [2.05, 4.69) is 34.0 Å². The Kier molecular flexibility index (Phi) is 6.54. The summed E-state index contributed by atoms with van der Waals surface area (Å²) in [6, 6.07) is 8.64. The lowest BCUT2D eigenvalue weighted by molar-refractivity contribution is -0.141. The second kappa shape index (κ2) is 9.04. The van der Waals surface area contributed by atoms with Crippen molar-refractivity contribution in [1.29, 1.82) is 0 Å². The summed E-state index contributed by atoms with van der Waals surface area (Å²) in [6.45, 7) is 1.27. The average molecular weight is 363 g/mol. The fourth-order valence-corrected chi connectivity index (χ4v) is 1.98. The Bertz CT molecular complexity index is 943. The van der Waals surface area contributed by atoms with Gasteiger partial charge < -0.3 is 21.3 Å². The van der Waals surface area contributed by atoms with Gasteiger partial charge in [-0.15, -0.1) is 0 Å². The number of carboxylic acid groups (broad SMARTS) is 1. The summed E-state index contributed by atoms with van der Waals surface area (Å²) in [4.78, 5) is 26.9. The van der Waals surface area contributed by atoms with Crippen molar-refractivity contribution in [3.63, 3.8) is 0 Å². The van der Waals surface area contributed by atoms with Gasteiger partial charge in [0.05, 0.1) is 6.10 Å². The Hall–Kier alpha value is -3.81. The third-order valence-electron chi connectivity index (χ3n) is 3.42. The highest BCUT2D eigenvalue weighted by Gasteiger charge is 2.25. The molecule has 0 saturated heterocycles. The Balaban J connectivity index is 2.02. The van der Waals surface area contributed by atoms with Gasteiger partial charge in [0.2, 0.25) is 0 Å². The largest absolute Gasteiger partial charge is 0.480 e. The molecule has 2 aromatic rings. The molecule has 2 rings (SSSR count). The van der Waals surface area contributed by atoms with Crippen LogP contribution in [0.5, 0.6) is 0 Å². The average Bonchev–Trinajstić information content (AvgIpc) is 2.64. The van der Waals surface area contributed by atoms with Crippen LogP contribution in [0.1, 0.15) is 28.5 Å². The number of benzene rings is 1. The number of hydrogen-bond donors (Lipinski definition) is 4. The van der Waals surface area contributed by atoms with Gasteiger partial charge in [0.15, 0.2) is 6.04 Å². The standard InChI is InChI=1S/C20H17N3O4/c1-13(24)18(20(26)27)23-19(25)17-11-8-15(12-22-17)5-3-2-4-14-6-9-16(21)10-7-14/h6-13,18,24H,21H2,1H3,(H,23,25)(H,26,27)/t13-,18+/m1/s1. The summed E-state index contributed by atoms with van der Waals surface area (Å²) in [7, 11) is 0. The lowest BCUT2D eigenvalue weighted by Crippen LogP contribution is -2.47. The lowest BCUT2D eigenvalue weighted by atomic mass is 10.1. The van der Waals surface area contributed by atoms with Crippen molar-refractivity contribution in [2.75, 3.05) is 5.73 Å². The number of nitrogens with two attached hydrogens (primary N) is 1. The van der Waals surface area contributed by atoms with E-state index in [1.165, 1.54) is 19.2 Å². The van der Waals surface area contributed by atoms with E-state index in [1.54, 1.807) is 30.3 Å². The molecule has 0 bridgehead atoms. The van der Waals surface area contributed by atoms with E-state index in [4.69, 9.17) is 10.8 Å². The molecule has 7 heteroatoms. The first-order valence-corrected chi connectivity index (χ1v) is 7.92. The van der Waals surface area contributed by atoms with Crippen molar-refractivity contribution in [3.8, 4) is 23.7 Å². The number of amides is 1. The number of nitrogens with one attached hydrogen (secondary N) is 1. The van der Waals surface area contributed by atoms with Crippen LogP contribution in [0.15, 0.2) is 42.6 Å². The second-order valence-electron chi connectivity index (χ2n) is 5.58. The van der Waals surface area contributed by atoms with E-state index >= 15 is 0 Å². The van der Waals surface area contributed by atoms with Crippen LogP contribution in [-0.4, -0.2) is 39.2 Å². The molecular weight excluding hydrogens is 346 g/mol. The van der Waals surface area contributed by atoms with Gasteiger partial charge in [0.25, 0.3) is 5.91 Å². The number of carbonyl (C=O) groups is 2. The molecule has 1 heterocycles. The summed E-state index contributed by atoms with van der Waals surface area (Å²) < 4.78 is 0. The predicted octanol–water partition coefficient (Wildman–Crippen LogP) is 0.631. The minimum Gasteiger partial charge on any atom is -0.480 e. The highest BCUT2D eigenvalue weighted by molar-refractivity contribution is 5.95. The van der Waals surface area contributed by atoms with E-state index in [0.29, 0.717) is 11.3 Å². The zero-order valence-electron chi connectivity index (χ0n) is 14.4. The predicted molar refractivity (Wildman–Crippen MR) is 99.4 cm³/mol. The quantitative estimate of drug-likeness (QED) is 0.466. The Morgan fingerprint density at radius 1 is 1.07 bits per heavy atom. The molecule has 1 amide bonds. The van der Waals surface area contributed by atoms with Crippen LogP contribution in [0.4, 0.5) is 5.69 Å². The summed E-state index contributed by atoms with van der Waals surface area (Å²) in [5, 5.41) is 20.6. The normalized spacial score (nSPS) is 11.8. The molecule has 0 aliphatic rings. The van der Waals surface area contributed by atoms with Gasteiger partial charge in [0, 0.05) is 23.0 Å². The molecular formula is C20H17N3O4. The number of aromatic nitrogens is 1. The van der Waals surface area contributed by atoms with Gasteiger partial charge >= 0.3 is 5.97 Å². The Morgan fingerprint density at radius 2 is 1.67 bits per heavy atom. The van der Waals surface area contributed by atoms with E-state index in [-0.39, 0.29) is 5.69 Å². The van der Waals surface area contributed by atoms with E-state index in [1.807, 2.05) is 0 Å². The van der Waals surface area contributed by atoms with Crippen molar-refractivity contribution in [3.05, 3.63) is 59.4 Å². The van der Waals surface area contributed by atoms with Crippen molar-refractivity contribution in [2.24, 2.45) is 0 Å². The third kappa shape index (κ3) is 5.89. The number of aliphatic carboxylic acids is 1. The Labute approximate surface area is 156 Å². The molecule has 27 heavy (non-hydrogen) atoms. The maximum absolute atomic E-state index is 12.0. The molecule has 0 fully saturated rings. The van der Waals surface area contributed by atoms with Crippen molar-refractivity contribution < 1.29 is 19.8 Å². The topological polar surface area (TPSA) is 126 Å². The monoisotopic (exact) mass is 363 g/mol. The number of nitrogen functional groups attached to an aromatic ring is 1. The first-order chi connectivity index (χ1) is 12.9. The number of aliphatic hydroxyl groups excluding tert-OH is 1. The van der Waals surface area contributed by atoms with Gasteiger partial charge in [-0.2, -0.15) is 0 Å². The van der Waals surface area contributed by atoms with Crippen molar-refractivity contribution >= 4 is 17.6 Å². The fraction of sp³-hybridized carbons (Fsp3) is 0.150. The highest BCUT2D eigenvalue weighted by atomic mass is 16.4. The number of aliphatic hydroxyl groups is 1. The van der Waals surface area contributed by atoms with Gasteiger partial charge in [-0.05, 0) is 55.2 Å². The lowest BCUT2D eigenvalue weighted by Gasteiger charge is -2.16. The number of hydrogen-bond acceptors (Lipinski definition) is 5. The molecule has 0 spiro atoms. The first kappa shape index (κ1) is 19.5. The highest BCUT2D eigenvalue weighted by Crippen LogP contribution is 2.04. The van der Waals surface area contributed by atoms with E-state index in [9.17, 15) is 14.7 Å². The minimum absolute atomic E-state index is 0.0143. The number of carbonyl (C=O) groups excluding carboxylic acids is 1. The molecule has 0 saturated carbocycles. The van der Waals surface area contributed by atoms with Crippen LogP contribution in [0.3, 0.4) is 0 Å². The molecule has 1 aromatic carbocycles. The molecule has 7 nitrogen and oxygen atoms in total. The van der Waals surface area contributed by atoms with Crippen LogP contribution >= 0.6 is 0 Å². The maximum Gasteiger partial charge on any atom is 0.328 e. The van der Waals surface area contributed by atoms with Crippen LogP contribution in [0.25, 0.3) is 0 Å². The molecule has 0 aliphatic heterocycles. The molecule has 2 atom stereocenters. The van der Waals surface area contributed by atoms with Crippen LogP contribution < -0.4 is 11.1 Å². The van der Waals surface area contributed by atoms with Gasteiger partial charge in [-0.3, -0.25) is 4.79 Å². The van der Waals surface area contributed by atoms with Gasteiger partial charge in [-0.1, -0.05) is 11.8 Å². The van der Waals surface area contributed by atoms with Crippen LogP contribution in [0, 0.1) is 23.7 Å². The van der Waals surface area contributed by atoms with Crippen LogP contribution in [0.2, 0.25) is 0 Å². The summed E-state index contributed by atoms with van der Waals surface area (Å²) in [6.07, 6.45) is 0.140. The molecule has 0 aliphatic carbocycles. The number of rotatable bonds is 4. The molecule has 5 N–H and O–H groups in total. The zero-order valence-corrected chi connectivity index (χ0v) is 14.4. The number of anilines is 1. The maximum atomic E-state index is 12.0. The fourth-order valence-electron chi connectivity index (χ4n) is 1.98. The molecule has 136 valence electrons. The van der Waals surface area contributed by atoms with Crippen LogP contribution in [-0.2, 0) is 4.79 Å². The summed E-state index contributed by atoms with van der Waals surface area (Å²) in [5.74, 6) is 9.02. The summed E-state index contributed by atoms with van der Waals surface area (Å²) in [5.41, 5.74) is 7.60. The molecule has 0 unspecified atom stereocenters. The van der Waals surface area contributed by atoms with E-state index in [0.717, 1.165) is 5.56 Å². The number of pyridine rings is 1. The molecule has 0 radical (unpaired) electrons. The summed E-state index contributed by atoms with van der Waals surface area (Å²) >= 11 is 0. The SMILES string of the molecule is C[C@@H](O)[C@H](NC(=O)c1ccc(C#CC#Cc2ccc(N)cc2)cn1)C(=O)O. The third-order valence-corrected chi connectivity index (χ3v) is 3.42. The second-order valence-corrected chi connectivity index (χ2v) is 5.58. The zero-order chi connectivity index (χ0) is 19.8. The first-order valence-electron chi connectivity index (χ1n) is 7.92. The minimum atomic E-state index is -1.41. The molecule has 1 aromatic heterocycles. The number of carboxylic acids is 1. The Morgan fingerprint density at radius 3 is 2.19 bits per heavy atom. The smallest absolute Gasteiger partial charge is 0.328 e. The van der Waals surface area contributed by atoms with E-state index < -0.39 is 24.0 Å².